The smallest absolute Gasteiger partial charge is 0.311 e. The van der Waals surface area contributed by atoms with Crippen molar-refractivity contribution < 1.29 is 14.5 Å². The number of thioether (sulfide) groups is 1. The molecule has 0 radical (unpaired) electrons. The van der Waals surface area contributed by atoms with E-state index in [9.17, 15) is 14.9 Å². The molecule has 6 nitrogen and oxygen atoms in total. The van der Waals surface area contributed by atoms with Crippen LogP contribution in [0.5, 0.6) is 5.75 Å². The maximum atomic E-state index is 12.8. The minimum Gasteiger partial charge on any atom is -0.477 e. The largest absolute Gasteiger partial charge is 0.477 e. The summed E-state index contributed by atoms with van der Waals surface area (Å²) in [6.45, 7) is 4.27. The lowest BCUT2D eigenvalue weighted by Gasteiger charge is -2.22. The molecule has 26 heavy (non-hydrogen) atoms. The third kappa shape index (κ3) is 3.99. The van der Waals surface area contributed by atoms with Crippen molar-refractivity contribution >= 4 is 29.0 Å². The quantitative estimate of drug-likeness (QED) is 0.594. The average Bonchev–Trinajstić information content (AvgIpc) is 2.78. The summed E-state index contributed by atoms with van der Waals surface area (Å²) in [4.78, 5) is 26.2. The van der Waals surface area contributed by atoms with E-state index in [1.807, 2.05) is 24.3 Å². The van der Waals surface area contributed by atoms with Crippen LogP contribution in [0.25, 0.3) is 0 Å². The van der Waals surface area contributed by atoms with Gasteiger partial charge in [-0.15, -0.1) is 11.8 Å². The molecule has 3 rings (SSSR count). The number of amides is 1. The number of benzene rings is 2. The second kappa shape index (κ2) is 7.78. The molecule has 1 atom stereocenters. The van der Waals surface area contributed by atoms with Crippen molar-refractivity contribution in [3.63, 3.8) is 0 Å². The van der Waals surface area contributed by atoms with E-state index in [1.165, 1.54) is 12.1 Å². The second-order valence-corrected chi connectivity index (χ2v) is 7.73. The highest BCUT2D eigenvalue weighted by Crippen LogP contribution is 2.37. The van der Waals surface area contributed by atoms with Crippen molar-refractivity contribution in [3.8, 4) is 5.75 Å². The number of nitro benzene ring substituents is 1. The van der Waals surface area contributed by atoms with Gasteiger partial charge in [-0.2, -0.15) is 0 Å². The molecule has 2 aromatic rings. The van der Waals surface area contributed by atoms with Crippen LogP contribution < -0.4 is 9.64 Å². The summed E-state index contributed by atoms with van der Waals surface area (Å²) in [5, 5.41) is 11.6. The molecule has 0 N–H and O–H groups in total. The van der Waals surface area contributed by atoms with Gasteiger partial charge < -0.3 is 9.64 Å². The Morgan fingerprint density at radius 1 is 1.35 bits per heavy atom. The number of carbonyl (C=O) groups excluding carboxylic acids is 1. The maximum absolute atomic E-state index is 12.8. The summed E-state index contributed by atoms with van der Waals surface area (Å²) < 4.78 is 5.51. The molecule has 0 aliphatic carbocycles. The summed E-state index contributed by atoms with van der Waals surface area (Å²) in [5.74, 6) is -0.0955. The van der Waals surface area contributed by atoms with E-state index in [0.717, 1.165) is 22.6 Å². The third-order valence-corrected chi connectivity index (χ3v) is 5.44. The number of hydrogen-bond acceptors (Lipinski definition) is 5. The van der Waals surface area contributed by atoms with Gasteiger partial charge in [0, 0.05) is 22.8 Å². The van der Waals surface area contributed by atoms with Crippen LogP contribution in [0.1, 0.15) is 18.9 Å². The Kier molecular flexibility index (Phi) is 5.46. The summed E-state index contributed by atoms with van der Waals surface area (Å²) in [5.41, 5.74) is 1.51. The molecular weight excluding hydrogens is 352 g/mol. The van der Waals surface area contributed by atoms with Crippen LogP contribution in [-0.4, -0.2) is 29.2 Å². The number of hydrogen-bond donors (Lipinski definition) is 0. The Bertz CT molecular complexity index is 840. The number of para-hydroxylation sites is 1. The fraction of sp³-hybridized carbons (Fsp3) is 0.316. The van der Waals surface area contributed by atoms with Crippen LogP contribution in [0.15, 0.2) is 47.4 Å². The van der Waals surface area contributed by atoms with Crippen molar-refractivity contribution in [2.75, 3.05) is 18.1 Å². The molecule has 0 spiro atoms. The number of anilines is 1. The van der Waals surface area contributed by atoms with Gasteiger partial charge in [-0.1, -0.05) is 25.1 Å². The highest BCUT2D eigenvalue weighted by Gasteiger charge is 2.25. The first kappa shape index (κ1) is 18.3. The van der Waals surface area contributed by atoms with Crippen LogP contribution in [0.4, 0.5) is 11.4 Å². The maximum Gasteiger partial charge on any atom is 0.311 e. The number of carbonyl (C=O) groups is 1. The first-order valence-corrected chi connectivity index (χ1v) is 9.27. The molecular formula is C19H20N2O4S. The molecule has 0 saturated carbocycles. The summed E-state index contributed by atoms with van der Waals surface area (Å²) in [6, 6.07) is 12.5. The molecule has 0 saturated heterocycles. The molecule has 1 heterocycles. The first-order chi connectivity index (χ1) is 12.5. The number of aryl methyl sites for hydroxylation is 1. The summed E-state index contributed by atoms with van der Waals surface area (Å²) in [7, 11) is 0. The van der Waals surface area contributed by atoms with Gasteiger partial charge in [-0.3, -0.25) is 14.9 Å². The lowest BCUT2D eigenvalue weighted by molar-refractivity contribution is -0.385. The normalized spacial score (nSPS) is 16.5. The van der Waals surface area contributed by atoms with Crippen molar-refractivity contribution in [2.45, 2.75) is 30.4 Å². The fourth-order valence-corrected chi connectivity index (χ4v) is 3.97. The second-order valence-electron chi connectivity index (χ2n) is 6.25. The SMILES string of the molecule is Cc1ccc(OCC(=O)N2CC[C@@H](C)Sc3ccccc32)c([N+](=O)[O-])c1. The lowest BCUT2D eigenvalue weighted by atomic mass is 10.2. The van der Waals surface area contributed by atoms with Crippen LogP contribution in [0.2, 0.25) is 0 Å². The van der Waals surface area contributed by atoms with E-state index in [4.69, 9.17) is 4.74 Å². The zero-order valence-electron chi connectivity index (χ0n) is 14.7. The zero-order chi connectivity index (χ0) is 18.7. The Morgan fingerprint density at radius 3 is 2.88 bits per heavy atom. The molecule has 1 amide bonds. The van der Waals surface area contributed by atoms with E-state index in [-0.39, 0.29) is 24.0 Å². The minimum absolute atomic E-state index is 0.111. The predicted octanol–water partition coefficient (Wildman–Crippen LogP) is 4.20. The third-order valence-electron chi connectivity index (χ3n) is 4.21. The van der Waals surface area contributed by atoms with E-state index < -0.39 is 4.92 Å². The van der Waals surface area contributed by atoms with Crippen LogP contribution in [0.3, 0.4) is 0 Å². The van der Waals surface area contributed by atoms with Crippen LogP contribution in [0, 0.1) is 17.0 Å². The van der Waals surface area contributed by atoms with Gasteiger partial charge in [0.05, 0.1) is 10.6 Å². The van der Waals surface area contributed by atoms with E-state index >= 15 is 0 Å². The monoisotopic (exact) mass is 372 g/mol. The lowest BCUT2D eigenvalue weighted by Crippen LogP contribution is -2.36. The van der Waals surface area contributed by atoms with Crippen molar-refractivity contribution in [1.82, 2.24) is 0 Å². The highest BCUT2D eigenvalue weighted by atomic mass is 32.2. The zero-order valence-corrected chi connectivity index (χ0v) is 15.5. The van der Waals surface area contributed by atoms with Gasteiger partial charge in [0.25, 0.3) is 5.91 Å². The van der Waals surface area contributed by atoms with Gasteiger partial charge in [0.2, 0.25) is 0 Å². The fourth-order valence-electron chi connectivity index (χ4n) is 2.86. The molecule has 0 bridgehead atoms. The molecule has 0 aromatic heterocycles. The molecule has 7 heteroatoms. The molecule has 136 valence electrons. The van der Waals surface area contributed by atoms with Crippen molar-refractivity contribution in [2.24, 2.45) is 0 Å². The molecule has 0 unspecified atom stereocenters. The molecule has 1 aliphatic rings. The Morgan fingerprint density at radius 2 is 2.12 bits per heavy atom. The van der Waals surface area contributed by atoms with E-state index in [0.29, 0.717) is 11.8 Å². The van der Waals surface area contributed by atoms with Crippen LogP contribution in [-0.2, 0) is 4.79 Å². The molecule has 2 aromatic carbocycles. The number of nitro groups is 1. The van der Waals surface area contributed by atoms with Gasteiger partial charge in [-0.05, 0) is 37.1 Å². The van der Waals surface area contributed by atoms with Gasteiger partial charge >= 0.3 is 5.69 Å². The topological polar surface area (TPSA) is 72.7 Å². The molecule has 0 fully saturated rings. The van der Waals surface area contributed by atoms with Crippen LogP contribution >= 0.6 is 11.8 Å². The summed E-state index contributed by atoms with van der Waals surface area (Å²) in [6.07, 6.45) is 0.871. The van der Waals surface area contributed by atoms with Crippen molar-refractivity contribution in [3.05, 3.63) is 58.1 Å². The first-order valence-electron chi connectivity index (χ1n) is 8.39. The Hall–Kier alpha value is -2.54. The predicted molar refractivity (Wildman–Crippen MR) is 102 cm³/mol. The standard InChI is InChI=1S/C19H20N2O4S/c1-13-7-8-17(16(11-13)21(23)24)25-12-19(22)20-10-9-14(2)26-18-6-4-3-5-15(18)20/h3-8,11,14H,9-10,12H2,1-2H3/t14-/m1/s1. The Labute approximate surface area is 156 Å². The summed E-state index contributed by atoms with van der Waals surface area (Å²) >= 11 is 1.75. The highest BCUT2D eigenvalue weighted by molar-refractivity contribution is 8.00. The van der Waals surface area contributed by atoms with Gasteiger partial charge in [0.1, 0.15) is 0 Å². The van der Waals surface area contributed by atoms with Crippen molar-refractivity contribution in [1.29, 1.82) is 0 Å². The number of nitrogens with zero attached hydrogens (tertiary/aromatic N) is 2. The van der Waals surface area contributed by atoms with Gasteiger partial charge in [-0.25, -0.2) is 0 Å². The molecule has 1 aliphatic heterocycles. The number of rotatable bonds is 4. The average molecular weight is 372 g/mol. The van der Waals surface area contributed by atoms with Gasteiger partial charge in [0.15, 0.2) is 12.4 Å². The van der Waals surface area contributed by atoms with E-state index in [1.54, 1.807) is 29.7 Å². The van der Waals surface area contributed by atoms with E-state index in [2.05, 4.69) is 6.92 Å². The number of fused-ring (bicyclic) bond motifs is 1. The minimum atomic E-state index is -0.494. The Balaban J connectivity index is 1.78. The number of ether oxygens (including phenoxy) is 1.